The zero-order valence-electron chi connectivity index (χ0n) is 10.9. The fourth-order valence-corrected chi connectivity index (χ4v) is 2.86. The zero-order valence-corrected chi connectivity index (χ0v) is 10.9. The lowest BCUT2D eigenvalue weighted by Gasteiger charge is -2.29. The Balaban J connectivity index is 2.10. The molecule has 2 atom stereocenters. The quantitative estimate of drug-likeness (QED) is 0.729. The van der Waals surface area contributed by atoms with Gasteiger partial charge in [0.25, 0.3) is 0 Å². The first kappa shape index (κ1) is 13.6. The summed E-state index contributed by atoms with van der Waals surface area (Å²) in [6.07, 6.45) is 1.45. The Hall–Kier alpha value is -1.79. The second kappa shape index (κ2) is 5.46. The van der Waals surface area contributed by atoms with Crippen molar-refractivity contribution in [2.45, 2.75) is 37.8 Å². The lowest BCUT2D eigenvalue weighted by Crippen LogP contribution is -2.50. The van der Waals surface area contributed by atoms with Crippen molar-refractivity contribution in [3.05, 3.63) is 0 Å². The van der Waals surface area contributed by atoms with Gasteiger partial charge in [-0.05, 0) is 25.7 Å². The molecule has 0 spiro atoms. The second-order valence-corrected chi connectivity index (χ2v) is 4.85. The summed E-state index contributed by atoms with van der Waals surface area (Å²) in [6, 6.07) is -1.21. The van der Waals surface area contributed by atoms with Crippen molar-refractivity contribution in [1.29, 1.82) is 0 Å². The molecule has 7 heteroatoms. The van der Waals surface area contributed by atoms with Gasteiger partial charge in [-0.2, -0.15) is 0 Å². The van der Waals surface area contributed by atoms with Crippen molar-refractivity contribution in [3.8, 4) is 0 Å². The molecular weight excluding hydrogens is 252 g/mol. The third-order valence-electron chi connectivity index (χ3n) is 3.79. The fourth-order valence-electron chi connectivity index (χ4n) is 2.86. The summed E-state index contributed by atoms with van der Waals surface area (Å²) in [5, 5.41) is 9.06. The predicted molar refractivity (Wildman–Crippen MR) is 64.5 cm³/mol. The number of carbonyl (C=O) groups is 3. The average molecular weight is 270 g/mol. The molecule has 2 saturated heterocycles. The van der Waals surface area contributed by atoms with Gasteiger partial charge in [0.2, 0.25) is 5.91 Å². The van der Waals surface area contributed by atoms with E-state index in [1.165, 1.54) is 12.0 Å². The number of ether oxygens (including phenoxy) is 1. The van der Waals surface area contributed by atoms with Gasteiger partial charge in [-0.1, -0.05) is 0 Å². The Morgan fingerprint density at radius 1 is 1.05 bits per heavy atom. The highest BCUT2D eigenvalue weighted by molar-refractivity contribution is 5.90. The summed E-state index contributed by atoms with van der Waals surface area (Å²) in [7, 11) is 1.29. The number of nitrogens with zero attached hydrogens (tertiary/aromatic N) is 2. The second-order valence-electron chi connectivity index (χ2n) is 4.85. The van der Waals surface area contributed by atoms with Crippen LogP contribution in [0.4, 0.5) is 4.79 Å². The summed E-state index contributed by atoms with van der Waals surface area (Å²) in [4.78, 5) is 37.7. The van der Waals surface area contributed by atoms with Gasteiger partial charge in [0.15, 0.2) is 0 Å². The highest BCUT2D eigenvalue weighted by atomic mass is 16.5. The average Bonchev–Trinajstić information content (AvgIpc) is 3.05. The van der Waals surface area contributed by atoms with Crippen LogP contribution in [0.2, 0.25) is 0 Å². The molecule has 0 radical (unpaired) electrons. The van der Waals surface area contributed by atoms with Crippen LogP contribution in [0.25, 0.3) is 0 Å². The van der Waals surface area contributed by atoms with E-state index in [1.54, 1.807) is 0 Å². The molecule has 2 rings (SSSR count). The Labute approximate surface area is 111 Å². The van der Waals surface area contributed by atoms with Crippen molar-refractivity contribution in [2.24, 2.45) is 0 Å². The van der Waals surface area contributed by atoms with Crippen LogP contribution in [0, 0.1) is 0 Å². The molecule has 1 N–H and O–H groups in total. The Morgan fingerprint density at radius 2 is 1.63 bits per heavy atom. The van der Waals surface area contributed by atoms with Crippen LogP contribution >= 0.6 is 0 Å². The molecular formula is C12H18N2O5. The predicted octanol–water partition coefficient (Wildman–Crippen LogP) is 0.293. The summed E-state index contributed by atoms with van der Waals surface area (Å²) >= 11 is 0. The van der Waals surface area contributed by atoms with Gasteiger partial charge in [0.1, 0.15) is 12.1 Å². The number of carboxylic acid groups (broad SMARTS) is 1. The van der Waals surface area contributed by atoms with Crippen LogP contribution < -0.4 is 0 Å². The molecule has 19 heavy (non-hydrogen) atoms. The van der Waals surface area contributed by atoms with Crippen LogP contribution in [0.5, 0.6) is 0 Å². The molecule has 0 aromatic carbocycles. The van der Waals surface area contributed by atoms with Crippen molar-refractivity contribution in [1.82, 2.24) is 9.80 Å². The molecule has 0 bridgehead atoms. The van der Waals surface area contributed by atoms with Crippen LogP contribution in [0.3, 0.4) is 0 Å². The van der Waals surface area contributed by atoms with Gasteiger partial charge in [-0.3, -0.25) is 9.69 Å². The minimum absolute atomic E-state index is 0.271. The van der Waals surface area contributed by atoms with Gasteiger partial charge < -0.3 is 14.7 Å². The first-order valence-electron chi connectivity index (χ1n) is 6.44. The Bertz CT molecular complexity index is 398. The zero-order chi connectivity index (χ0) is 14.0. The smallest absolute Gasteiger partial charge is 0.407 e. The molecule has 1 unspecified atom stereocenters. The first-order chi connectivity index (χ1) is 9.06. The molecule has 2 amide bonds. The number of hydrogen-bond donors (Lipinski definition) is 1. The summed E-state index contributed by atoms with van der Waals surface area (Å²) in [6.45, 7) is 0.866. The van der Waals surface area contributed by atoms with Gasteiger partial charge in [0.05, 0.1) is 7.11 Å². The summed E-state index contributed by atoms with van der Waals surface area (Å²) in [5.74, 6) is -0.696. The van der Waals surface area contributed by atoms with Gasteiger partial charge in [-0.15, -0.1) is 0 Å². The van der Waals surface area contributed by atoms with E-state index in [0.29, 0.717) is 32.4 Å². The number of esters is 1. The number of methoxy groups -OCH3 is 1. The molecule has 7 nitrogen and oxygen atoms in total. The monoisotopic (exact) mass is 270 g/mol. The first-order valence-corrected chi connectivity index (χ1v) is 6.44. The van der Waals surface area contributed by atoms with E-state index in [2.05, 4.69) is 4.74 Å². The van der Waals surface area contributed by atoms with Crippen molar-refractivity contribution in [3.63, 3.8) is 0 Å². The molecule has 0 aromatic rings. The van der Waals surface area contributed by atoms with Crippen molar-refractivity contribution < 1.29 is 24.2 Å². The molecule has 2 fully saturated rings. The Morgan fingerprint density at radius 3 is 2.21 bits per heavy atom. The maximum atomic E-state index is 12.4. The van der Waals surface area contributed by atoms with Crippen LogP contribution in [-0.2, 0) is 14.3 Å². The third-order valence-corrected chi connectivity index (χ3v) is 3.79. The minimum Gasteiger partial charge on any atom is -0.467 e. The molecule has 2 heterocycles. The van der Waals surface area contributed by atoms with E-state index in [1.807, 2.05) is 0 Å². The summed E-state index contributed by atoms with van der Waals surface area (Å²) in [5.41, 5.74) is 0. The van der Waals surface area contributed by atoms with Crippen molar-refractivity contribution >= 4 is 18.0 Å². The van der Waals surface area contributed by atoms with Crippen LogP contribution in [0.1, 0.15) is 25.7 Å². The number of amides is 2. The highest BCUT2D eigenvalue weighted by Crippen LogP contribution is 2.25. The van der Waals surface area contributed by atoms with Crippen LogP contribution in [-0.4, -0.2) is 65.2 Å². The normalized spacial score (nSPS) is 26.6. The standard InChI is InChI=1S/C12H18N2O5/c1-19-11(16)9-5-3-6-13(9)10(15)8-4-2-7-14(8)12(17)18/h8-9H,2-7H2,1H3,(H,17,18)/t8?,9-/m0/s1. The topological polar surface area (TPSA) is 87.2 Å². The number of likely N-dealkylation sites (tertiary alicyclic amines) is 2. The minimum atomic E-state index is -1.08. The van der Waals surface area contributed by atoms with E-state index < -0.39 is 24.1 Å². The maximum absolute atomic E-state index is 12.4. The number of carbonyl (C=O) groups excluding carboxylic acids is 2. The molecule has 106 valence electrons. The molecule has 2 aliphatic heterocycles. The van der Waals surface area contributed by atoms with Gasteiger partial charge in [0, 0.05) is 13.1 Å². The maximum Gasteiger partial charge on any atom is 0.407 e. The summed E-state index contributed by atoms with van der Waals surface area (Å²) < 4.78 is 4.69. The van der Waals surface area contributed by atoms with Crippen molar-refractivity contribution in [2.75, 3.05) is 20.2 Å². The SMILES string of the molecule is COC(=O)[C@@H]1CCCN1C(=O)C1CCCN1C(=O)O. The fraction of sp³-hybridized carbons (Fsp3) is 0.750. The number of rotatable bonds is 2. The van der Waals surface area contributed by atoms with E-state index in [4.69, 9.17) is 5.11 Å². The lowest BCUT2D eigenvalue weighted by molar-refractivity contribution is -0.152. The Kier molecular flexibility index (Phi) is 3.92. The molecule has 2 aliphatic rings. The lowest BCUT2D eigenvalue weighted by atomic mass is 10.1. The molecule has 0 aromatic heterocycles. The molecule has 0 aliphatic carbocycles. The van der Waals surface area contributed by atoms with E-state index >= 15 is 0 Å². The van der Waals surface area contributed by atoms with Gasteiger partial charge in [-0.25, -0.2) is 9.59 Å². The third kappa shape index (κ3) is 2.50. The van der Waals surface area contributed by atoms with Crippen LogP contribution in [0.15, 0.2) is 0 Å². The largest absolute Gasteiger partial charge is 0.467 e. The van der Waals surface area contributed by atoms with Gasteiger partial charge >= 0.3 is 12.1 Å². The van der Waals surface area contributed by atoms with E-state index in [0.717, 1.165) is 11.3 Å². The number of hydrogen-bond acceptors (Lipinski definition) is 4. The van der Waals surface area contributed by atoms with E-state index in [9.17, 15) is 14.4 Å². The molecule has 0 saturated carbocycles. The van der Waals surface area contributed by atoms with E-state index in [-0.39, 0.29) is 5.91 Å². The highest BCUT2D eigenvalue weighted by Gasteiger charge is 2.42.